The normalized spacial score (nSPS) is 23.3. The quantitative estimate of drug-likeness (QED) is 0.886. The summed E-state index contributed by atoms with van der Waals surface area (Å²) in [6.07, 6.45) is 1.92. The average molecular weight is 260 g/mol. The van der Waals surface area contributed by atoms with Crippen molar-refractivity contribution in [3.8, 4) is 0 Å². The van der Waals surface area contributed by atoms with E-state index in [4.69, 9.17) is 0 Å². The Bertz CT molecular complexity index is 468. The van der Waals surface area contributed by atoms with Crippen molar-refractivity contribution in [2.24, 2.45) is 0 Å². The predicted octanol–water partition coefficient (Wildman–Crippen LogP) is 2.74. The smallest absolute Gasteiger partial charge is 0.246 e. The highest BCUT2D eigenvalue weighted by Crippen LogP contribution is 2.28. The van der Waals surface area contributed by atoms with Crippen molar-refractivity contribution in [1.82, 2.24) is 5.32 Å². The van der Waals surface area contributed by atoms with Gasteiger partial charge in [0.15, 0.2) is 0 Å². The number of para-hydroxylation sites is 1. The van der Waals surface area contributed by atoms with Gasteiger partial charge in [-0.1, -0.05) is 25.1 Å². The first kappa shape index (κ1) is 14.1. The number of amides is 1. The zero-order valence-corrected chi connectivity index (χ0v) is 12.4. The number of carbonyl (C=O) groups excluding carboxylic acids is 1. The summed E-state index contributed by atoms with van der Waals surface area (Å²) in [5.74, 6) is 0.165. The molecule has 1 aliphatic heterocycles. The van der Waals surface area contributed by atoms with Crippen molar-refractivity contribution < 1.29 is 4.79 Å². The Hall–Kier alpha value is -1.35. The second kappa shape index (κ2) is 5.33. The lowest BCUT2D eigenvalue weighted by molar-refractivity contribution is -0.123. The van der Waals surface area contributed by atoms with E-state index < -0.39 is 5.54 Å². The molecule has 1 aromatic rings. The highest BCUT2D eigenvalue weighted by molar-refractivity contribution is 6.01. The van der Waals surface area contributed by atoms with Gasteiger partial charge in [-0.15, -0.1) is 0 Å². The lowest BCUT2D eigenvalue weighted by Crippen LogP contribution is -2.53. The molecule has 1 atom stereocenters. The van der Waals surface area contributed by atoms with Gasteiger partial charge in [0.05, 0.1) is 5.54 Å². The minimum atomic E-state index is -0.494. The highest BCUT2D eigenvalue weighted by Gasteiger charge is 2.37. The highest BCUT2D eigenvalue weighted by atomic mass is 16.2. The molecule has 3 nitrogen and oxygen atoms in total. The van der Waals surface area contributed by atoms with Crippen molar-refractivity contribution in [3.05, 3.63) is 29.8 Å². The molecule has 1 N–H and O–H groups in total. The lowest BCUT2D eigenvalue weighted by atomic mass is 10.0. The van der Waals surface area contributed by atoms with Gasteiger partial charge in [0.25, 0.3) is 0 Å². The number of rotatable bonds is 2. The van der Waals surface area contributed by atoms with Gasteiger partial charge in [-0.25, -0.2) is 0 Å². The molecule has 2 rings (SSSR count). The first-order valence-corrected chi connectivity index (χ1v) is 7.14. The van der Waals surface area contributed by atoms with E-state index in [2.05, 4.69) is 31.3 Å². The SMILES string of the molecule is CCc1ccccc1N1C(=O)C(C)(C)NCCC1C. The van der Waals surface area contributed by atoms with Crippen LogP contribution in [0.5, 0.6) is 0 Å². The molecule has 1 aliphatic rings. The number of benzene rings is 1. The van der Waals surface area contributed by atoms with Crippen molar-refractivity contribution in [1.29, 1.82) is 0 Å². The van der Waals surface area contributed by atoms with Gasteiger partial charge in [0.2, 0.25) is 5.91 Å². The zero-order valence-electron chi connectivity index (χ0n) is 12.4. The van der Waals surface area contributed by atoms with Crippen molar-refractivity contribution >= 4 is 11.6 Å². The van der Waals surface area contributed by atoms with Crippen LogP contribution in [-0.2, 0) is 11.2 Å². The third kappa shape index (κ3) is 2.66. The maximum Gasteiger partial charge on any atom is 0.246 e. The van der Waals surface area contributed by atoms with Crippen LogP contribution in [0.2, 0.25) is 0 Å². The van der Waals surface area contributed by atoms with Gasteiger partial charge in [0, 0.05) is 11.7 Å². The third-order valence-electron chi connectivity index (χ3n) is 3.96. The molecular weight excluding hydrogens is 236 g/mol. The molecule has 19 heavy (non-hydrogen) atoms. The topological polar surface area (TPSA) is 32.3 Å². The summed E-state index contributed by atoms with van der Waals surface area (Å²) in [5.41, 5.74) is 1.81. The van der Waals surface area contributed by atoms with Crippen LogP contribution in [0.1, 0.15) is 39.7 Å². The number of anilines is 1. The molecule has 0 saturated carbocycles. The summed E-state index contributed by atoms with van der Waals surface area (Å²) < 4.78 is 0. The van der Waals surface area contributed by atoms with Crippen LogP contribution in [0, 0.1) is 0 Å². The van der Waals surface area contributed by atoms with Crippen molar-refractivity contribution in [2.45, 2.75) is 52.1 Å². The summed E-state index contributed by atoms with van der Waals surface area (Å²) >= 11 is 0. The number of nitrogens with one attached hydrogen (secondary N) is 1. The Kier molecular flexibility index (Phi) is 3.95. The Morgan fingerprint density at radius 2 is 2.05 bits per heavy atom. The van der Waals surface area contributed by atoms with E-state index in [-0.39, 0.29) is 11.9 Å². The van der Waals surface area contributed by atoms with Gasteiger partial charge >= 0.3 is 0 Å². The number of nitrogens with zero attached hydrogens (tertiary/aromatic N) is 1. The predicted molar refractivity (Wildman–Crippen MR) is 79.5 cm³/mol. The minimum Gasteiger partial charge on any atom is -0.308 e. The molecule has 0 aromatic heterocycles. The summed E-state index contributed by atoms with van der Waals surface area (Å²) in [6, 6.07) is 8.46. The molecular formula is C16H24N2O. The van der Waals surface area contributed by atoms with E-state index in [1.807, 2.05) is 30.9 Å². The van der Waals surface area contributed by atoms with Crippen molar-refractivity contribution in [3.63, 3.8) is 0 Å². The number of aryl methyl sites for hydroxylation is 1. The van der Waals surface area contributed by atoms with E-state index >= 15 is 0 Å². The van der Waals surface area contributed by atoms with Gasteiger partial charge in [0.1, 0.15) is 0 Å². The van der Waals surface area contributed by atoms with E-state index in [0.29, 0.717) is 0 Å². The second-order valence-electron chi connectivity index (χ2n) is 5.85. The average Bonchev–Trinajstić information content (AvgIpc) is 2.48. The standard InChI is InChI=1S/C16H24N2O/c1-5-13-8-6-7-9-14(13)18-12(2)10-11-17-16(3,4)15(18)19/h6-9,12,17H,5,10-11H2,1-4H3. The van der Waals surface area contributed by atoms with Crippen molar-refractivity contribution in [2.75, 3.05) is 11.4 Å². The number of hydrogen-bond acceptors (Lipinski definition) is 2. The van der Waals surface area contributed by atoms with Crippen LogP contribution in [0.4, 0.5) is 5.69 Å². The maximum atomic E-state index is 12.8. The Morgan fingerprint density at radius 3 is 2.74 bits per heavy atom. The van der Waals surface area contributed by atoms with Crippen LogP contribution >= 0.6 is 0 Å². The maximum absolute atomic E-state index is 12.8. The number of carbonyl (C=O) groups is 1. The van der Waals surface area contributed by atoms with E-state index in [9.17, 15) is 4.79 Å². The fourth-order valence-electron chi connectivity index (χ4n) is 2.69. The van der Waals surface area contributed by atoms with Gasteiger partial charge < -0.3 is 10.2 Å². The Labute approximate surface area is 116 Å². The van der Waals surface area contributed by atoms with Gasteiger partial charge in [-0.3, -0.25) is 4.79 Å². The van der Waals surface area contributed by atoms with E-state index in [0.717, 1.165) is 25.1 Å². The summed E-state index contributed by atoms with van der Waals surface area (Å²) in [7, 11) is 0. The number of hydrogen-bond donors (Lipinski definition) is 1. The molecule has 0 bridgehead atoms. The van der Waals surface area contributed by atoms with E-state index in [1.165, 1.54) is 5.56 Å². The molecule has 1 unspecified atom stereocenters. The third-order valence-corrected chi connectivity index (χ3v) is 3.96. The summed E-state index contributed by atoms with van der Waals surface area (Å²) in [6.45, 7) is 9.08. The van der Waals surface area contributed by atoms with Crippen LogP contribution in [0.3, 0.4) is 0 Å². The largest absolute Gasteiger partial charge is 0.308 e. The van der Waals surface area contributed by atoms with Crippen LogP contribution in [-0.4, -0.2) is 24.0 Å². The summed E-state index contributed by atoms with van der Waals surface area (Å²) in [5, 5.41) is 3.35. The molecule has 0 radical (unpaired) electrons. The molecule has 1 aromatic carbocycles. The van der Waals surface area contributed by atoms with Crippen LogP contribution in [0.15, 0.2) is 24.3 Å². The molecule has 1 saturated heterocycles. The van der Waals surface area contributed by atoms with Gasteiger partial charge in [-0.2, -0.15) is 0 Å². The molecule has 104 valence electrons. The fourth-order valence-corrected chi connectivity index (χ4v) is 2.69. The molecule has 0 spiro atoms. The van der Waals surface area contributed by atoms with Crippen LogP contribution in [0.25, 0.3) is 0 Å². The minimum absolute atomic E-state index is 0.165. The fraction of sp³-hybridized carbons (Fsp3) is 0.562. The first-order valence-electron chi connectivity index (χ1n) is 7.14. The van der Waals surface area contributed by atoms with Gasteiger partial charge in [-0.05, 0) is 51.8 Å². The summed E-state index contributed by atoms with van der Waals surface area (Å²) in [4.78, 5) is 14.8. The lowest BCUT2D eigenvalue weighted by Gasteiger charge is -2.33. The second-order valence-corrected chi connectivity index (χ2v) is 5.85. The molecule has 0 aliphatic carbocycles. The first-order chi connectivity index (χ1) is 8.97. The Morgan fingerprint density at radius 1 is 1.37 bits per heavy atom. The van der Waals surface area contributed by atoms with E-state index in [1.54, 1.807) is 0 Å². The Balaban J connectivity index is 2.47. The molecule has 3 heteroatoms. The molecule has 1 heterocycles. The monoisotopic (exact) mass is 260 g/mol. The zero-order chi connectivity index (χ0) is 14.0. The van der Waals surface area contributed by atoms with Crippen LogP contribution < -0.4 is 10.2 Å². The molecule has 1 fully saturated rings. The molecule has 1 amide bonds.